The Morgan fingerprint density at radius 3 is 2.79 bits per heavy atom. The van der Waals surface area contributed by atoms with Crippen LogP contribution in [0.15, 0.2) is 11.6 Å². The van der Waals surface area contributed by atoms with Crippen LogP contribution in [0.5, 0.6) is 0 Å². The highest BCUT2D eigenvalue weighted by Crippen LogP contribution is 2.19. The SMILES string of the molecule is CCCC(C)NC(CC)c1nccs1. The second-order valence-corrected chi connectivity index (χ2v) is 4.61. The predicted molar refractivity (Wildman–Crippen MR) is 62.7 cm³/mol. The zero-order valence-electron chi connectivity index (χ0n) is 9.29. The van der Waals surface area contributed by atoms with Gasteiger partial charge in [-0.15, -0.1) is 11.3 Å². The second kappa shape index (κ2) is 6.14. The normalized spacial score (nSPS) is 15.4. The Morgan fingerprint density at radius 1 is 1.50 bits per heavy atom. The van der Waals surface area contributed by atoms with Gasteiger partial charge < -0.3 is 5.32 Å². The number of hydrogen-bond acceptors (Lipinski definition) is 3. The first-order chi connectivity index (χ1) is 6.77. The van der Waals surface area contributed by atoms with Gasteiger partial charge in [-0.25, -0.2) is 4.98 Å². The minimum absolute atomic E-state index is 0.441. The third-order valence-electron chi connectivity index (χ3n) is 2.37. The molecule has 0 saturated heterocycles. The topological polar surface area (TPSA) is 24.9 Å². The van der Waals surface area contributed by atoms with Crippen molar-refractivity contribution in [3.63, 3.8) is 0 Å². The van der Waals surface area contributed by atoms with Crippen molar-refractivity contribution in [1.82, 2.24) is 10.3 Å². The van der Waals surface area contributed by atoms with E-state index < -0.39 is 0 Å². The Bertz CT molecular complexity index is 233. The summed E-state index contributed by atoms with van der Waals surface area (Å²) in [5.41, 5.74) is 0. The molecule has 0 radical (unpaired) electrons. The van der Waals surface area contributed by atoms with Gasteiger partial charge in [0.1, 0.15) is 5.01 Å². The number of aromatic nitrogens is 1. The van der Waals surface area contributed by atoms with Gasteiger partial charge in [0.25, 0.3) is 0 Å². The summed E-state index contributed by atoms with van der Waals surface area (Å²) in [6, 6.07) is 1.03. The maximum Gasteiger partial charge on any atom is 0.109 e. The van der Waals surface area contributed by atoms with Gasteiger partial charge in [-0.1, -0.05) is 20.3 Å². The van der Waals surface area contributed by atoms with E-state index in [0.29, 0.717) is 12.1 Å². The predicted octanol–water partition coefficient (Wildman–Crippen LogP) is 3.37. The third-order valence-corrected chi connectivity index (χ3v) is 3.25. The molecule has 0 amide bonds. The number of nitrogens with zero attached hydrogens (tertiary/aromatic N) is 1. The van der Waals surface area contributed by atoms with Crippen molar-refractivity contribution in [2.75, 3.05) is 0 Å². The average Bonchev–Trinajstić information content (AvgIpc) is 2.67. The van der Waals surface area contributed by atoms with E-state index in [9.17, 15) is 0 Å². The molecule has 0 fully saturated rings. The van der Waals surface area contributed by atoms with Crippen LogP contribution in [-0.4, -0.2) is 11.0 Å². The lowest BCUT2D eigenvalue weighted by Gasteiger charge is -2.20. The van der Waals surface area contributed by atoms with Gasteiger partial charge in [-0.3, -0.25) is 0 Å². The highest BCUT2D eigenvalue weighted by atomic mass is 32.1. The quantitative estimate of drug-likeness (QED) is 0.782. The standard InChI is InChI=1S/C11H20N2S/c1-4-6-9(3)13-10(5-2)11-12-7-8-14-11/h7-10,13H,4-6H2,1-3H3. The van der Waals surface area contributed by atoms with E-state index in [1.807, 2.05) is 11.6 Å². The molecule has 80 valence electrons. The molecule has 0 aromatic carbocycles. The van der Waals surface area contributed by atoms with Crippen molar-refractivity contribution >= 4 is 11.3 Å². The van der Waals surface area contributed by atoms with E-state index in [1.54, 1.807) is 11.3 Å². The van der Waals surface area contributed by atoms with Gasteiger partial charge in [-0.2, -0.15) is 0 Å². The van der Waals surface area contributed by atoms with Gasteiger partial charge in [-0.05, 0) is 19.8 Å². The summed E-state index contributed by atoms with van der Waals surface area (Å²) in [7, 11) is 0. The Labute approximate surface area is 90.8 Å². The molecule has 14 heavy (non-hydrogen) atoms. The summed E-state index contributed by atoms with van der Waals surface area (Å²) in [6.07, 6.45) is 5.47. The summed E-state index contributed by atoms with van der Waals surface area (Å²) >= 11 is 1.74. The molecule has 0 bridgehead atoms. The van der Waals surface area contributed by atoms with E-state index in [2.05, 4.69) is 31.1 Å². The van der Waals surface area contributed by atoms with E-state index in [0.717, 1.165) is 6.42 Å². The molecule has 1 N–H and O–H groups in total. The minimum atomic E-state index is 0.441. The summed E-state index contributed by atoms with van der Waals surface area (Å²) in [4.78, 5) is 4.36. The van der Waals surface area contributed by atoms with Crippen LogP contribution in [0.3, 0.4) is 0 Å². The molecule has 1 aromatic heterocycles. The highest BCUT2D eigenvalue weighted by molar-refractivity contribution is 7.09. The van der Waals surface area contributed by atoms with Crippen molar-refractivity contribution < 1.29 is 0 Å². The number of nitrogens with one attached hydrogen (secondary N) is 1. The van der Waals surface area contributed by atoms with Crippen molar-refractivity contribution in [2.24, 2.45) is 0 Å². The van der Waals surface area contributed by atoms with Gasteiger partial charge in [0.2, 0.25) is 0 Å². The van der Waals surface area contributed by atoms with Gasteiger partial charge in [0.15, 0.2) is 0 Å². The molecule has 3 heteroatoms. The van der Waals surface area contributed by atoms with Crippen LogP contribution in [0.1, 0.15) is 51.1 Å². The van der Waals surface area contributed by atoms with E-state index in [1.165, 1.54) is 17.8 Å². The molecule has 0 spiro atoms. The Balaban J connectivity index is 2.47. The molecule has 2 nitrogen and oxygen atoms in total. The maximum atomic E-state index is 4.36. The highest BCUT2D eigenvalue weighted by Gasteiger charge is 2.13. The lowest BCUT2D eigenvalue weighted by Crippen LogP contribution is -2.29. The van der Waals surface area contributed by atoms with Gasteiger partial charge in [0, 0.05) is 17.6 Å². The van der Waals surface area contributed by atoms with Crippen molar-refractivity contribution in [1.29, 1.82) is 0 Å². The lowest BCUT2D eigenvalue weighted by molar-refractivity contribution is 0.423. The fraction of sp³-hybridized carbons (Fsp3) is 0.727. The molecule has 0 aliphatic heterocycles. The first-order valence-corrected chi connectivity index (χ1v) is 6.31. The van der Waals surface area contributed by atoms with Crippen LogP contribution in [0.2, 0.25) is 0 Å². The van der Waals surface area contributed by atoms with Crippen LogP contribution >= 0.6 is 11.3 Å². The van der Waals surface area contributed by atoms with E-state index in [4.69, 9.17) is 0 Å². The van der Waals surface area contributed by atoms with Crippen molar-refractivity contribution in [3.05, 3.63) is 16.6 Å². The van der Waals surface area contributed by atoms with Crippen molar-refractivity contribution in [3.8, 4) is 0 Å². The molecule has 0 aliphatic rings. The molecule has 2 unspecified atom stereocenters. The molecule has 1 rings (SSSR count). The molecule has 0 saturated carbocycles. The first kappa shape index (κ1) is 11.7. The minimum Gasteiger partial charge on any atom is -0.305 e. The number of thiazole rings is 1. The lowest BCUT2D eigenvalue weighted by atomic mass is 10.1. The second-order valence-electron chi connectivity index (χ2n) is 3.69. The van der Waals surface area contributed by atoms with E-state index >= 15 is 0 Å². The summed E-state index contributed by atoms with van der Waals surface area (Å²) in [5.74, 6) is 0. The first-order valence-electron chi connectivity index (χ1n) is 5.43. The zero-order valence-corrected chi connectivity index (χ0v) is 10.1. The van der Waals surface area contributed by atoms with Crippen LogP contribution < -0.4 is 5.32 Å². The number of rotatable bonds is 6. The zero-order chi connectivity index (χ0) is 10.4. The fourth-order valence-corrected chi connectivity index (χ4v) is 2.41. The van der Waals surface area contributed by atoms with Crippen molar-refractivity contribution in [2.45, 2.75) is 52.1 Å². The Kier molecular flexibility index (Phi) is 5.12. The monoisotopic (exact) mass is 212 g/mol. The van der Waals surface area contributed by atoms with Gasteiger partial charge in [0.05, 0.1) is 6.04 Å². The van der Waals surface area contributed by atoms with E-state index in [-0.39, 0.29) is 0 Å². The number of hydrogen-bond donors (Lipinski definition) is 1. The molecule has 1 aromatic rings. The van der Waals surface area contributed by atoms with Gasteiger partial charge >= 0.3 is 0 Å². The van der Waals surface area contributed by atoms with Crippen LogP contribution in [0, 0.1) is 0 Å². The molecule has 0 aliphatic carbocycles. The maximum absolute atomic E-state index is 4.36. The largest absolute Gasteiger partial charge is 0.305 e. The molecular weight excluding hydrogens is 192 g/mol. The summed E-state index contributed by atoms with van der Waals surface area (Å²) in [5, 5.41) is 6.88. The molecule has 2 atom stereocenters. The molecular formula is C11H20N2S. The Hall–Kier alpha value is -0.410. The summed E-state index contributed by atoms with van der Waals surface area (Å²) < 4.78 is 0. The third kappa shape index (κ3) is 3.39. The molecule has 1 heterocycles. The fourth-order valence-electron chi connectivity index (χ4n) is 1.63. The average molecular weight is 212 g/mol. The van der Waals surface area contributed by atoms with Crippen LogP contribution in [0.4, 0.5) is 0 Å². The van der Waals surface area contributed by atoms with Crippen LogP contribution in [0.25, 0.3) is 0 Å². The smallest absolute Gasteiger partial charge is 0.109 e. The van der Waals surface area contributed by atoms with Crippen LogP contribution in [-0.2, 0) is 0 Å². The summed E-state index contributed by atoms with van der Waals surface area (Å²) in [6.45, 7) is 6.68. The Morgan fingerprint density at radius 2 is 2.29 bits per heavy atom.